The average Bonchev–Trinajstić information content (AvgIpc) is 3.01. The van der Waals surface area contributed by atoms with Gasteiger partial charge in [-0.05, 0) is 30.4 Å². The van der Waals surface area contributed by atoms with Gasteiger partial charge in [0.05, 0.1) is 6.04 Å². The molecule has 0 saturated heterocycles. The largest absolute Gasteiger partial charge is 0.335 e. The summed E-state index contributed by atoms with van der Waals surface area (Å²) in [6.45, 7) is 0. The van der Waals surface area contributed by atoms with Gasteiger partial charge < -0.3 is 5.32 Å². The van der Waals surface area contributed by atoms with E-state index in [0.717, 1.165) is 22.7 Å². The Morgan fingerprint density at radius 3 is 2.83 bits per heavy atom. The predicted molar refractivity (Wildman–Crippen MR) is 78.0 cm³/mol. The van der Waals surface area contributed by atoms with Gasteiger partial charge in [-0.2, -0.15) is 0 Å². The summed E-state index contributed by atoms with van der Waals surface area (Å²) in [4.78, 5) is 4.94. The van der Waals surface area contributed by atoms with Crippen molar-refractivity contribution in [2.24, 2.45) is 22.7 Å². The summed E-state index contributed by atoms with van der Waals surface area (Å²) >= 11 is 1.88. The summed E-state index contributed by atoms with van der Waals surface area (Å²) in [5.74, 6) is 3.50. The Morgan fingerprint density at radius 1 is 1.11 bits per heavy atom. The molecule has 1 saturated carbocycles. The van der Waals surface area contributed by atoms with Crippen LogP contribution in [-0.4, -0.2) is 17.0 Å². The van der Waals surface area contributed by atoms with Crippen molar-refractivity contribution in [3.63, 3.8) is 0 Å². The smallest absolute Gasteiger partial charge is 0.161 e. The van der Waals surface area contributed by atoms with Crippen LogP contribution in [0.2, 0.25) is 0 Å². The molecule has 0 amide bonds. The molecule has 1 heterocycles. The lowest BCUT2D eigenvalue weighted by molar-refractivity contribution is 0.436. The summed E-state index contributed by atoms with van der Waals surface area (Å²) in [7, 11) is 0. The highest BCUT2D eigenvalue weighted by atomic mass is 32.2. The van der Waals surface area contributed by atoms with Gasteiger partial charge >= 0.3 is 0 Å². The maximum Gasteiger partial charge on any atom is 0.161 e. The van der Waals surface area contributed by atoms with E-state index in [2.05, 4.69) is 41.7 Å². The summed E-state index contributed by atoms with van der Waals surface area (Å²) < 4.78 is 0. The number of allylic oxidation sites excluding steroid dienone is 1. The highest BCUT2D eigenvalue weighted by Gasteiger charge is 2.46. The Balaban J connectivity index is 1.55. The highest BCUT2D eigenvalue weighted by molar-refractivity contribution is 8.14. The Morgan fingerprint density at radius 2 is 1.94 bits per heavy atom. The van der Waals surface area contributed by atoms with Crippen LogP contribution in [0.5, 0.6) is 0 Å². The van der Waals surface area contributed by atoms with E-state index in [1.54, 1.807) is 0 Å². The second-order valence-electron chi connectivity index (χ2n) is 5.34. The van der Waals surface area contributed by atoms with Crippen LogP contribution in [-0.2, 0) is 0 Å². The van der Waals surface area contributed by atoms with Crippen LogP contribution in [0.4, 0.5) is 5.69 Å². The van der Waals surface area contributed by atoms with Crippen LogP contribution in [0.3, 0.4) is 0 Å². The van der Waals surface area contributed by atoms with E-state index in [1.807, 2.05) is 17.8 Å². The molecule has 4 rings (SSSR count). The van der Waals surface area contributed by atoms with Crippen LogP contribution in [0, 0.1) is 17.8 Å². The van der Waals surface area contributed by atoms with Crippen molar-refractivity contribution in [3.05, 3.63) is 42.5 Å². The Bertz CT molecular complexity index is 508. The van der Waals surface area contributed by atoms with Crippen molar-refractivity contribution in [2.45, 2.75) is 12.5 Å². The minimum Gasteiger partial charge on any atom is -0.335 e. The molecular formula is C15H16N2S. The van der Waals surface area contributed by atoms with E-state index in [-0.39, 0.29) is 0 Å². The predicted octanol–water partition coefficient (Wildman–Crippen LogP) is 3.39. The fourth-order valence-electron chi connectivity index (χ4n) is 3.37. The molecule has 18 heavy (non-hydrogen) atoms. The molecule has 1 N–H and O–H groups in total. The van der Waals surface area contributed by atoms with E-state index in [1.165, 1.54) is 12.2 Å². The topological polar surface area (TPSA) is 24.4 Å². The summed E-state index contributed by atoms with van der Waals surface area (Å²) in [6.07, 6.45) is 6.13. The Labute approximate surface area is 112 Å². The van der Waals surface area contributed by atoms with Gasteiger partial charge in [0.25, 0.3) is 0 Å². The normalized spacial score (nSPS) is 36.3. The summed E-state index contributed by atoms with van der Waals surface area (Å²) in [5, 5.41) is 4.54. The van der Waals surface area contributed by atoms with Gasteiger partial charge in [-0.15, -0.1) is 0 Å². The first-order valence-corrected chi connectivity index (χ1v) is 7.60. The molecule has 0 radical (unpaired) electrons. The molecule has 2 aliphatic carbocycles. The van der Waals surface area contributed by atoms with Crippen molar-refractivity contribution in [2.75, 3.05) is 11.1 Å². The third-order valence-corrected chi connectivity index (χ3v) is 5.31. The molecule has 1 aromatic rings. The van der Waals surface area contributed by atoms with Crippen molar-refractivity contribution in [1.29, 1.82) is 0 Å². The molecule has 1 aromatic carbocycles. The third kappa shape index (κ3) is 1.69. The number of para-hydroxylation sites is 1. The number of anilines is 1. The SMILES string of the molecule is C1=CC2CC1C1CSC(Nc3ccccc3)=NC21. The number of nitrogens with one attached hydrogen (secondary N) is 1. The van der Waals surface area contributed by atoms with Crippen LogP contribution in [0.15, 0.2) is 47.5 Å². The molecule has 1 aliphatic heterocycles. The van der Waals surface area contributed by atoms with Gasteiger partial charge in [0.1, 0.15) is 0 Å². The molecule has 4 unspecified atom stereocenters. The molecular weight excluding hydrogens is 240 g/mol. The van der Waals surface area contributed by atoms with Crippen molar-refractivity contribution in [3.8, 4) is 0 Å². The molecule has 1 fully saturated rings. The summed E-state index contributed by atoms with van der Waals surface area (Å²) in [5.41, 5.74) is 1.14. The van der Waals surface area contributed by atoms with E-state index >= 15 is 0 Å². The molecule has 4 atom stereocenters. The Kier molecular flexibility index (Phi) is 2.47. The first-order valence-electron chi connectivity index (χ1n) is 6.61. The molecule has 0 aromatic heterocycles. The number of rotatable bonds is 1. The van der Waals surface area contributed by atoms with E-state index < -0.39 is 0 Å². The van der Waals surface area contributed by atoms with Gasteiger partial charge in [0, 0.05) is 17.4 Å². The number of thioether (sulfide) groups is 1. The number of fused-ring (bicyclic) bond motifs is 5. The maximum atomic E-state index is 4.94. The quantitative estimate of drug-likeness (QED) is 0.779. The lowest BCUT2D eigenvalue weighted by Gasteiger charge is -2.29. The zero-order chi connectivity index (χ0) is 11.9. The first-order chi connectivity index (χ1) is 8.90. The number of benzene rings is 1. The third-order valence-electron chi connectivity index (χ3n) is 4.28. The van der Waals surface area contributed by atoms with Gasteiger partial charge in [-0.25, -0.2) is 0 Å². The van der Waals surface area contributed by atoms with Crippen LogP contribution >= 0.6 is 11.8 Å². The fourth-order valence-corrected chi connectivity index (χ4v) is 4.55. The molecule has 3 heteroatoms. The van der Waals surface area contributed by atoms with Gasteiger partial charge in [0.2, 0.25) is 0 Å². The lowest BCUT2D eigenvalue weighted by Crippen LogP contribution is -2.32. The number of nitrogens with zero attached hydrogens (tertiary/aromatic N) is 1. The van der Waals surface area contributed by atoms with Crippen molar-refractivity contribution >= 4 is 22.6 Å². The second kappa shape index (κ2) is 4.16. The molecule has 2 bridgehead atoms. The minimum atomic E-state index is 0.535. The second-order valence-corrected chi connectivity index (χ2v) is 6.35. The fraction of sp³-hybridized carbons (Fsp3) is 0.400. The standard InChI is InChI=1S/C15H16N2S/c1-2-4-12(5-3-1)16-15-17-14-11-7-6-10(8-11)13(14)9-18-15/h1-7,10-11,13-14H,8-9H2,(H,16,17). The van der Waals surface area contributed by atoms with Crippen LogP contribution < -0.4 is 5.32 Å². The number of hydrogen-bond acceptors (Lipinski definition) is 3. The molecule has 92 valence electrons. The van der Waals surface area contributed by atoms with Gasteiger partial charge in [-0.1, -0.05) is 42.1 Å². The lowest BCUT2D eigenvalue weighted by atomic mass is 9.91. The van der Waals surface area contributed by atoms with Gasteiger partial charge in [0.15, 0.2) is 5.17 Å². The zero-order valence-corrected chi connectivity index (χ0v) is 10.9. The van der Waals surface area contributed by atoms with E-state index in [0.29, 0.717) is 12.0 Å². The monoisotopic (exact) mass is 256 g/mol. The average molecular weight is 256 g/mol. The van der Waals surface area contributed by atoms with Crippen LogP contribution in [0.25, 0.3) is 0 Å². The molecule has 2 nitrogen and oxygen atoms in total. The zero-order valence-electron chi connectivity index (χ0n) is 10.1. The van der Waals surface area contributed by atoms with Crippen LogP contribution in [0.1, 0.15) is 6.42 Å². The van der Waals surface area contributed by atoms with Crippen molar-refractivity contribution in [1.82, 2.24) is 0 Å². The molecule has 3 aliphatic rings. The maximum absolute atomic E-state index is 4.94. The minimum absolute atomic E-state index is 0.535. The molecule has 0 spiro atoms. The highest BCUT2D eigenvalue weighted by Crippen LogP contribution is 2.48. The van der Waals surface area contributed by atoms with Crippen molar-refractivity contribution < 1.29 is 0 Å². The number of amidine groups is 1. The first kappa shape index (κ1) is 10.7. The Hall–Kier alpha value is -1.22. The van der Waals surface area contributed by atoms with E-state index in [4.69, 9.17) is 4.99 Å². The van der Waals surface area contributed by atoms with E-state index in [9.17, 15) is 0 Å². The summed E-state index contributed by atoms with van der Waals surface area (Å²) in [6, 6.07) is 10.9. The van der Waals surface area contributed by atoms with Gasteiger partial charge in [-0.3, -0.25) is 4.99 Å². The number of aliphatic imine (C=N–C) groups is 1. The number of hydrogen-bond donors (Lipinski definition) is 1.